The first-order valence-corrected chi connectivity index (χ1v) is 8.86. The molecule has 0 saturated carbocycles. The highest BCUT2D eigenvalue weighted by Gasteiger charge is 2.31. The Morgan fingerprint density at radius 1 is 1.42 bits per heavy atom. The van der Waals surface area contributed by atoms with Gasteiger partial charge in [-0.15, -0.1) is 11.3 Å². The van der Waals surface area contributed by atoms with Gasteiger partial charge in [-0.05, 0) is 23.6 Å². The van der Waals surface area contributed by atoms with E-state index in [1.807, 2.05) is 17.5 Å². The number of hydrogen-bond donors (Lipinski definition) is 2. The van der Waals surface area contributed by atoms with Crippen LogP contribution in [0.2, 0.25) is 0 Å². The van der Waals surface area contributed by atoms with Gasteiger partial charge in [-0.1, -0.05) is 6.07 Å². The number of ether oxygens (including phenoxy) is 2. The number of fused-ring (bicyclic) bond motifs is 1. The molecule has 3 N–H and O–H groups in total. The Labute approximate surface area is 155 Å². The number of hydrogen-bond acceptors (Lipinski definition) is 6. The van der Waals surface area contributed by atoms with Crippen LogP contribution >= 0.6 is 11.3 Å². The van der Waals surface area contributed by atoms with E-state index in [1.165, 1.54) is 16.2 Å². The summed E-state index contributed by atoms with van der Waals surface area (Å²) in [7, 11) is 1.56. The third-order valence-electron chi connectivity index (χ3n) is 3.70. The van der Waals surface area contributed by atoms with Gasteiger partial charge in [0.2, 0.25) is 5.91 Å². The van der Waals surface area contributed by atoms with Crippen LogP contribution in [0.15, 0.2) is 41.5 Å². The summed E-state index contributed by atoms with van der Waals surface area (Å²) >= 11 is 1.49. The molecule has 0 unspecified atom stereocenters. The molecular formula is C18H19N3O4S. The first-order valence-electron chi connectivity index (χ1n) is 7.98. The molecule has 0 radical (unpaired) electrons. The highest BCUT2D eigenvalue weighted by atomic mass is 32.1. The van der Waals surface area contributed by atoms with Crippen LogP contribution in [0.1, 0.15) is 4.88 Å². The SMILES string of the molecule is COCCNC(=O)CN1C(=O)/C(=C\c2cccs2)Oc2cc(N)ccc21. The van der Waals surface area contributed by atoms with Crippen LogP contribution in [0.4, 0.5) is 11.4 Å². The quantitative estimate of drug-likeness (QED) is 0.458. The first-order chi connectivity index (χ1) is 12.6. The number of nitrogens with zero attached hydrogens (tertiary/aromatic N) is 1. The number of carbonyl (C=O) groups is 2. The van der Waals surface area contributed by atoms with E-state index in [4.69, 9.17) is 15.2 Å². The van der Waals surface area contributed by atoms with Gasteiger partial charge in [0.1, 0.15) is 6.54 Å². The van der Waals surface area contributed by atoms with Crippen LogP contribution in [0.25, 0.3) is 6.08 Å². The number of benzene rings is 1. The van der Waals surface area contributed by atoms with Gasteiger partial charge in [-0.3, -0.25) is 14.5 Å². The summed E-state index contributed by atoms with van der Waals surface area (Å²) in [4.78, 5) is 27.3. The van der Waals surface area contributed by atoms with Gasteiger partial charge in [0, 0.05) is 36.4 Å². The van der Waals surface area contributed by atoms with Crippen molar-refractivity contribution in [3.05, 3.63) is 46.3 Å². The molecular weight excluding hydrogens is 354 g/mol. The molecule has 1 aromatic heterocycles. The predicted molar refractivity (Wildman–Crippen MR) is 101 cm³/mol. The van der Waals surface area contributed by atoms with Crippen LogP contribution in [0.5, 0.6) is 5.75 Å². The fourth-order valence-corrected chi connectivity index (χ4v) is 3.13. The predicted octanol–water partition coefficient (Wildman–Crippen LogP) is 1.86. The summed E-state index contributed by atoms with van der Waals surface area (Å²) in [6.45, 7) is 0.657. The Hall–Kier alpha value is -2.84. The van der Waals surface area contributed by atoms with Gasteiger partial charge >= 0.3 is 0 Å². The topological polar surface area (TPSA) is 93.9 Å². The monoisotopic (exact) mass is 373 g/mol. The molecule has 0 fully saturated rings. The molecule has 8 heteroatoms. The lowest BCUT2D eigenvalue weighted by molar-refractivity contribution is -0.123. The maximum atomic E-state index is 12.9. The largest absolute Gasteiger partial charge is 0.449 e. The van der Waals surface area contributed by atoms with E-state index < -0.39 is 0 Å². The Morgan fingerprint density at radius 3 is 3.00 bits per heavy atom. The van der Waals surface area contributed by atoms with Crippen molar-refractivity contribution in [1.29, 1.82) is 0 Å². The number of nitrogens with one attached hydrogen (secondary N) is 1. The van der Waals surface area contributed by atoms with Gasteiger partial charge < -0.3 is 20.5 Å². The second kappa shape index (κ2) is 8.03. The number of thiophene rings is 1. The fourth-order valence-electron chi connectivity index (χ4n) is 2.48. The van der Waals surface area contributed by atoms with Crippen LogP contribution in [-0.2, 0) is 14.3 Å². The summed E-state index contributed by atoms with van der Waals surface area (Å²) in [5.74, 6) is -0.0690. The lowest BCUT2D eigenvalue weighted by Crippen LogP contribution is -2.44. The van der Waals surface area contributed by atoms with Gasteiger partial charge in [-0.2, -0.15) is 0 Å². The normalized spacial score (nSPS) is 14.9. The molecule has 136 valence electrons. The van der Waals surface area contributed by atoms with E-state index in [9.17, 15) is 9.59 Å². The van der Waals surface area contributed by atoms with Crippen LogP contribution < -0.4 is 20.7 Å². The molecule has 2 aromatic rings. The standard InChI is InChI=1S/C18H19N3O4S/c1-24-7-6-20-17(22)11-21-14-5-4-12(19)9-15(14)25-16(18(21)23)10-13-3-2-8-26-13/h2-5,8-10H,6-7,11,19H2,1H3,(H,20,22)/b16-10+. The minimum Gasteiger partial charge on any atom is -0.449 e. The van der Waals surface area contributed by atoms with Gasteiger partial charge in [-0.25, -0.2) is 0 Å². The third kappa shape index (κ3) is 4.04. The van der Waals surface area contributed by atoms with Crippen molar-refractivity contribution in [2.45, 2.75) is 0 Å². The molecule has 1 aliphatic rings. The molecule has 0 spiro atoms. The summed E-state index contributed by atoms with van der Waals surface area (Å²) in [5, 5.41) is 4.62. The maximum absolute atomic E-state index is 12.9. The Balaban J connectivity index is 1.88. The number of rotatable bonds is 6. The number of amides is 2. The molecule has 1 aromatic carbocycles. The second-order valence-corrected chi connectivity index (χ2v) is 6.57. The Morgan fingerprint density at radius 2 is 2.27 bits per heavy atom. The second-order valence-electron chi connectivity index (χ2n) is 5.59. The van der Waals surface area contributed by atoms with Gasteiger partial charge in [0.25, 0.3) is 5.91 Å². The highest BCUT2D eigenvalue weighted by molar-refractivity contribution is 7.10. The van der Waals surface area contributed by atoms with E-state index in [-0.39, 0.29) is 24.1 Å². The number of nitrogens with two attached hydrogens (primary N) is 1. The highest BCUT2D eigenvalue weighted by Crippen LogP contribution is 2.37. The molecule has 0 atom stereocenters. The minimum atomic E-state index is -0.377. The smallest absolute Gasteiger partial charge is 0.294 e. The van der Waals surface area contributed by atoms with Crippen molar-refractivity contribution in [2.75, 3.05) is 37.4 Å². The molecule has 3 rings (SSSR count). The third-order valence-corrected chi connectivity index (χ3v) is 4.52. The zero-order valence-electron chi connectivity index (χ0n) is 14.2. The molecule has 0 saturated heterocycles. The number of methoxy groups -OCH3 is 1. The van der Waals surface area contributed by atoms with E-state index in [0.29, 0.717) is 30.3 Å². The van der Waals surface area contributed by atoms with Crippen molar-refractivity contribution in [2.24, 2.45) is 0 Å². The van der Waals surface area contributed by atoms with Crippen LogP contribution in [-0.4, -0.2) is 38.6 Å². The zero-order chi connectivity index (χ0) is 18.5. The van der Waals surface area contributed by atoms with E-state index in [1.54, 1.807) is 31.4 Å². The lowest BCUT2D eigenvalue weighted by atomic mass is 10.2. The van der Waals surface area contributed by atoms with Crippen molar-refractivity contribution in [3.63, 3.8) is 0 Å². The number of anilines is 2. The molecule has 2 amide bonds. The Kier molecular flexibility index (Phi) is 5.55. The molecule has 1 aliphatic heterocycles. The fraction of sp³-hybridized carbons (Fsp3) is 0.222. The summed E-state index contributed by atoms with van der Waals surface area (Å²) < 4.78 is 10.7. The van der Waals surface area contributed by atoms with Gasteiger partial charge in [0.05, 0.1) is 12.3 Å². The van der Waals surface area contributed by atoms with Crippen molar-refractivity contribution in [1.82, 2.24) is 5.32 Å². The van der Waals surface area contributed by atoms with E-state index in [0.717, 1.165) is 4.88 Å². The van der Waals surface area contributed by atoms with Crippen molar-refractivity contribution >= 4 is 40.6 Å². The summed E-state index contributed by atoms with van der Waals surface area (Å²) in [5.41, 5.74) is 6.85. The van der Waals surface area contributed by atoms with Gasteiger partial charge in [0.15, 0.2) is 11.5 Å². The summed E-state index contributed by atoms with van der Waals surface area (Å²) in [6.07, 6.45) is 1.66. The molecule has 7 nitrogen and oxygen atoms in total. The first kappa shape index (κ1) is 18.0. The zero-order valence-corrected chi connectivity index (χ0v) is 15.0. The molecule has 0 aliphatic carbocycles. The summed E-state index contributed by atoms with van der Waals surface area (Å²) in [6, 6.07) is 8.74. The minimum absolute atomic E-state index is 0.120. The number of carbonyl (C=O) groups excluding carboxylic acids is 2. The molecule has 26 heavy (non-hydrogen) atoms. The Bertz CT molecular complexity index is 833. The molecule has 2 heterocycles. The number of nitrogen functional groups attached to an aromatic ring is 1. The lowest BCUT2D eigenvalue weighted by Gasteiger charge is -2.30. The average Bonchev–Trinajstić information content (AvgIpc) is 3.12. The maximum Gasteiger partial charge on any atom is 0.294 e. The van der Waals surface area contributed by atoms with Crippen LogP contribution in [0.3, 0.4) is 0 Å². The van der Waals surface area contributed by atoms with E-state index >= 15 is 0 Å². The molecule has 0 bridgehead atoms. The van der Waals surface area contributed by atoms with Crippen LogP contribution in [0, 0.1) is 0 Å². The van der Waals surface area contributed by atoms with Crippen molar-refractivity contribution < 1.29 is 19.1 Å². The van der Waals surface area contributed by atoms with E-state index in [2.05, 4.69) is 5.32 Å². The van der Waals surface area contributed by atoms with Crippen molar-refractivity contribution in [3.8, 4) is 5.75 Å². The average molecular weight is 373 g/mol.